The van der Waals surface area contributed by atoms with Crippen LogP contribution in [0.2, 0.25) is 54.4 Å². The third-order valence-corrected chi connectivity index (χ3v) is 24.2. The van der Waals surface area contributed by atoms with Gasteiger partial charge in [-0.3, -0.25) is 0 Å². The Morgan fingerprint density at radius 2 is 1.22 bits per heavy atom. The zero-order chi connectivity index (χ0) is 35.9. The van der Waals surface area contributed by atoms with Crippen molar-refractivity contribution >= 4 is 25.0 Å². The Bertz CT molecular complexity index is 1120. The first-order valence-electron chi connectivity index (χ1n) is 17.6. The van der Waals surface area contributed by atoms with E-state index >= 15 is 0 Å². The van der Waals surface area contributed by atoms with Crippen molar-refractivity contribution in [1.82, 2.24) is 0 Å². The fourth-order valence-corrected chi connectivity index (χ4v) is 8.50. The third-order valence-electron chi connectivity index (χ3n) is 11.0. The second-order valence-corrected chi connectivity index (χ2v) is 33.4. The lowest BCUT2D eigenvalue weighted by atomic mass is 9.81. The van der Waals surface area contributed by atoms with Crippen molar-refractivity contribution in [3.05, 3.63) is 36.4 Å². The molecule has 0 unspecified atom stereocenters. The maximum Gasteiger partial charge on any atom is 0.250 e. The van der Waals surface area contributed by atoms with Crippen molar-refractivity contribution in [2.24, 2.45) is 11.8 Å². The Balaban J connectivity index is 2.91. The van der Waals surface area contributed by atoms with Crippen LogP contribution in [0.1, 0.15) is 115 Å². The Labute approximate surface area is 287 Å². The summed E-state index contributed by atoms with van der Waals surface area (Å²) in [5.41, 5.74) is 1.11. The molecule has 1 aliphatic rings. The van der Waals surface area contributed by atoms with E-state index in [4.69, 9.17) is 22.8 Å². The summed E-state index contributed by atoms with van der Waals surface area (Å²) < 4.78 is 34.7. The fourth-order valence-electron chi connectivity index (χ4n) is 5.17. The number of ether oxygens (including phenoxy) is 2. The van der Waals surface area contributed by atoms with E-state index in [2.05, 4.69) is 140 Å². The minimum atomic E-state index is -2.25. The highest BCUT2D eigenvalue weighted by Crippen LogP contribution is 2.48. The van der Waals surface area contributed by atoms with Gasteiger partial charge in [-0.15, -0.1) is 6.58 Å². The first kappa shape index (κ1) is 41.3. The highest BCUT2D eigenvalue weighted by molar-refractivity contribution is 6.75. The average molecular weight is 693 g/mol. The molecule has 0 aromatic heterocycles. The first-order chi connectivity index (χ1) is 20.4. The smallest absolute Gasteiger partial charge is 0.250 e. The molecule has 8 heteroatoms. The lowest BCUT2D eigenvalue weighted by molar-refractivity contribution is -0.304. The van der Waals surface area contributed by atoms with Gasteiger partial charge in [0.2, 0.25) is 16.6 Å². The van der Waals surface area contributed by atoms with E-state index in [0.29, 0.717) is 5.92 Å². The number of rotatable bonds is 12. The summed E-state index contributed by atoms with van der Waals surface area (Å²) in [6, 6.07) is 6.63. The molecule has 2 rings (SSSR count). The topological polar surface area (TPSA) is 46.2 Å². The molecule has 1 fully saturated rings. The lowest BCUT2D eigenvalue weighted by Crippen LogP contribution is -2.50. The standard InChI is InChI=1S/C38H72O5Si3/c1-21-29-26-33(40-38(13,14)39-29)32(22-27(2)3)34(43-46(19,20)37(10,11)12)28-23-30(41-44(15,16)35(4,5)6)25-31(24-28)42-45(17,18)36(7,8)9/h21,23-25,27,29,32-34H,1,22,26H2,2-20H3/t29-,32+,33-,34+/m1/s1. The van der Waals surface area contributed by atoms with Gasteiger partial charge in [0, 0.05) is 18.4 Å². The minimum absolute atomic E-state index is 0.0306. The molecule has 1 heterocycles. The van der Waals surface area contributed by atoms with Gasteiger partial charge in [0.05, 0.1) is 18.3 Å². The molecule has 1 aromatic rings. The van der Waals surface area contributed by atoms with E-state index in [-0.39, 0.29) is 39.3 Å². The van der Waals surface area contributed by atoms with Crippen LogP contribution in [-0.4, -0.2) is 42.9 Å². The van der Waals surface area contributed by atoms with Gasteiger partial charge >= 0.3 is 0 Å². The van der Waals surface area contributed by atoms with Crippen molar-refractivity contribution in [1.29, 1.82) is 0 Å². The molecule has 1 aromatic carbocycles. The molecule has 46 heavy (non-hydrogen) atoms. The molecule has 0 spiro atoms. The molecule has 0 bridgehead atoms. The number of hydrogen-bond donors (Lipinski definition) is 0. The van der Waals surface area contributed by atoms with Gasteiger partial charge in [-0.2, -0.15) is 0 Å². The molecular formula is C38H72O5Si3. The predicted octanol–water partition coefficient (Wildman–Crippen LogP) is 12.3. The Hall–Kier alpha value is -0.909. The third kappa shape index (κ3) is 10.5. The van der Waals surface area contributed by atoms with E-state index in [1.165, 1.54) is 0 Å². The van der Waals surface area contributed by atoms with E-state index in [1.807, 2.05) is 19.9 Å². The van der Waals surface area contributed by atoms with Crippen molar-refractivity contribution in [3.63, 3.8) is 0 Å². The second kappa shape index (κ2) is 14.1. The number of hydrogen-bond acceptors (Lipinski definition) is 5. The molecule has 1 saturated heterocycles. The van der Waals surface area contributed by atoms with Gasteiger partial charge in [0.1, 0.15) is 11.5 Å². The van der Waals surface area contributed by atoms with Crippen LogP contribution in [0.15, 0.2) is 30.9 Å². The summed E-state index contributed by atoms with van der Waals surface area (Å²) in [6.07, 6.45) is 3.26. The van der Waals surface area contributed by atoms with Crippen LogP contribution < -0.4 is 8.85 Å². The van der Waals surface area contributed by atoms with Crippen molar-refractivity contribution in [2.45, 2.75) is 181 Å². The van der Waals surface area contributed by atoms with Crippen molar-refractivity contribution in [2.75, 3.05) is 0 Å². The van der Waals surface area contributed by atoms with Crippen LogP contribution in [0.4, 0.5) is 0 Å². The summed E-state index contributed by atoms with van der Waals surface area (Å²) in [6.45, 7) is 47.4. The molecule has 5 nitrogen and oxygen atoms in total. The van der Waals surface area contributed by atoms with Crippen LogP contribution in [0.25, 0.3) is 0 Å². The fraction of sp³-hybridized carbons (Fsp3) is 0.789. The largest absolute Gasteiger partial charge is 0.543 e. The lowest BCUT2D eigenvalue weighted by Gasteiger charge is -2.48. The Morgan fingerprint density at radius 1 is 0.783 bits per heavy atom. The highest BCUT2D eigenvalue weighted by Gasteiger charge is 2.47. The van der Waals surface area contributed by atoms with Gasteiger partial charge < -0.3 is 22.8 Å². The van der Waals surface area contributed by atoms with E-state index in [1.54, 1.807) is 0 Å². The van der Waals surface area contributed by atoms with Crippen LogP contribution >= 0.6 is 0 Å². The minimum Gasteiger partial charge on any atom is -0.543 e. The highest BCUT2D eigenvalue weighted by atomic mass is 28.4. The molecule has 0 amide bonds. The van der Waals surface area contributed by atoms with Crippen molar-refractivity contribution in [3.8, 4) is 11.5 Å². The normalized spacial score (nSPS) is 21.6. The molecule has 4 atom stereocenters. The van der Waals surface area contributed by atoms with Gasteiger partial charge in [0.15, 0.2) is 14.1 Å². The zero-order valence-electron chi connectivity index (χ0n) is 33.4. The molecule has 0 saturated carbocycles. The monoisotopic (exact) mass is 692 g/mol. The molecule has 0 aliphatic carbocycles. The van der Waals surface area contributed by atoms with Gasteiger partial charge in [-0.1, -0.05) is 82.2 Å². The zero-order valence-corrected chi connectivity index (χ0v) is 36.4. The molecule has 1 aliphatic heterocycles. The van der Waals surface area contributed by atoms with Gasteiger partial charge in [0.25, 0.3) is 0 Å². The second-order valence-electron chi connectivity index (χ2n) is 19.2. The Kier molecular flexibility index (Phi) is 12.7. The molecule has 0 radical (unpaired) electrons. The van der Waals surface area contributed by atoms with Crippen LogP contribution in [0.5, 0.6) is 11.5 Å². The van der Waals surface area contributed by atoms with Crippen LogP contribution in [0.3, 0.4) is 0 Å². The maximum atomic E-state index is 7.55. The van der Waals surface area contributed by atoms with E-state index < -0.39 is 30.7 Å². The van der Waals surface area contributed by atoms with Crippen LogP contribution in [0, 0.1) is 11.8 Å². The SMILES string of the molecule is C=C[C@@H]1C[C@H]([C@H](CC(C)C)[C@@H](O[Si](C)(C)C(C)(C)C)c2cc(O[Si](C)(C)C(C)(C)C)cc(O[Si](C)(C)C(C)(C)C)c2)OC(C)(C)O1. The van der Waals surface area contributed by atoms with Gasteiger partial charge in [-0.25, -0.2) is 0 Å². The predicted molar refractivity (Wildman–Crippen MR) is 205 cm³/mol. The first-order valence-corrected chi connectivity index (χ1v) is 26.3. The van der Waals surface area contributed by atoms with E-state index in [9.17, 15) is 0 Å². The summed E-state index contributed by atoms with van der Waals surface area (Å²) in [4.78, 5) is 0. The summed E-state index contributed by atoms with van der Waals surface area (Å²) in [5, 5.41) is 0.145. The number of benzene rings is 1. The quantitative estimate of drug-likeness (QED) is 0.161. The summed E-state index contributed by atoms with van der Waals surface area (Å²) in [5.74, 6) is 1.57. The Morgan fingerprint density at radius 3 is 1.59 bits per heavy atom. The van der Waals surface area contributed by atoms with E-state index in [0.717, 1.165) is 29.9 Å². The van der Waals surface area contributed by atoms with Crippen LogP contribution in [-0.2, 0) is 13.9 Å². The summed E-state index contributed by atoms with van der Waals surface area (Å²) >= 11 is 0. The molecular weight excluding hydrogens is 621 g/mol. The van der Waals surface area contributed by atoms with Gasteiger partial charge in [-0.05, 0) is 98.3 Å². The summed E-state index contributed by atoms with van der Waals surface area (Å²) in [7, 11) is -6.54. The maximum absolute atomic E-state index is 7.55. The molecule has 266 valence electrons. The molecule has 0 N–H and O–H groups in total. The van der Waals surface area contributed by atoms with Crippen molar-refractivity contribution < 1.29 is 22.8 Å². The average Bonchev–Trinajstić information content (AvgIpc) is 2.82.